The van der Waals surface area contributed by atoms with Gasteiger partial charge in [0, 0.05) is 11.2 Å². The second-order valence-electron chi connectivity index (χ2n) is 6.20. The third-order valence-corrected chi connectivity index (χ3v) is 5.30. The van der Waals surface area contributed by atoms with Crippen molar-refractivity contribution in [3.63, 3.8) is 0 Å². The molecule has 3 aromatic rings. The van der Waals surface area contributed by atoms with Crippen LogP contribution in [0.2, 0.25) is 5.02 Å². The van der Waals surface area contributed by atoms with Crippen molar-refractivity contribution in [1.82, 2.24) is 24.8 Å². The normalized spacial score (nSPS) is 12.0. The molecule has 28 heavy (non-hydrogen) atoms. The Bertz CT molecular complexity index is 957. The summed E-state index contributed by atoms with van der Waals surface area (Å²) >= 11 is 7.39. The van der Waals surface area contributed by atoms with Gasteiger partial charge in [0.25, 0.3) is 5.91 Å². The van der Waals surface area contributed by atoms with Gasteiger partial charge in [0.15, 0.2) is 0 Å². The molecule has 2 N–H and O–H groups in total. The van der Waals surface area contributed by atoms with E-state index >= 15 is 0 Å². The van der Waals surface area contributed by atoms with Gasteiger partial charge in [-0.1, -0.05) is 18.5 Å². The first kappa shape index (κ1) is 20.4. The van der Waals surface area contributed by atoms with Crippen LogP contribution in [-0.2, 0) is 0 Å². The molecule has 146 valence electrons. The highest BCUT2D eigenvalue weighted by Crippen LogP contribution is 2.22. The summed E-state index contributed by atoms with van der Waals surface area (Å²) in [6.45, 7) is 3.92. The van der Waals surface area contributed by atoms with Gasteiger partial charge in [0.2, 0.25) is 0 Å². The number of benzene rings is 1. The summed E-state index contributed by atoms with van der Waals surface area (Å²) in [5.74, 6) is -0.149. The number of rotatable bonds is 7. The smallest absolute Gasteiger partial charge is 0.255 e. The van der Waals surface area contributed by atoms with E-state index in [0.717, 1.165) is 28.4 Å². The molecule has 0 fully saturated rings. The second kappa shape index (κ2) is 9.23. The van der Waals surface area contributed by atoms with Crippen LogP contribution < -0.4 is 10.0 Å². The number of halogens is 1. The lowest BCUT2D eigenvalue weighted by atomic mass is 10.1. The Morgan fingerprint density at radius 2 is 2.04 bits per heavy atom. The molecule has 0 saturated carbocycles. The minimum Gasteiger partial charge on any atom is -0.345 e. The number of pyridine rings is 1. The van der Waals surface area contributed by atoms with Gasteiger partial charge in [-0.2, -0.15) is 5.10 Å². The predicted molar refractivity (Wildman–Crippen MR) is 113 cm³/mol. The van der Waals surface area contributed by atoms with Gasteiger partial charge < -0.3 is 5.32 Å². The molecule has 0 aliphatic heterocycles. The predicted octanol–water partition coefficient (Wildman–Crippen LogP) is 4.34. The van der Waals surface area contributed by atoms with Gasteiger partial charge in [-0.3, -0.25) is 9.52 Å². The number of hydrogen-bond acceptors (Lipinski definition) is 5. The highest BCUT2D eigenvalue weighted by molar-refractivity contribution is 7.97. The summed E-state index contributed by atoms with van der Waals surface area (Å²) in [6, 6.07) is 11.2. The van der Waals surface area contributed by atoms with Crippen LogP contribution in [0.25, 0.3) is 5.69 Å². The van der Waals surface area contributed by atoms with Crippen molar-refractivity contribution < 1.29 is 4.79 Å². The maximum Gasteiger partial charge on any atom is 0.255 e. The Morgan fingerprint density at radius 3 is 2.71 bits per heavy atom. The van der Waals surface area contributed by atoms with Crippen LogP contribution in [0.5, 0.6) is 0 Å². The lowest BCUT2D eigenvalue weighted by molar-refractivity contribution is 0.0935. The maximum atomic E-state index is 12.9. The van der Waals surface area contributed by atoms with Gasteiger partial charge in [0.1, 0.15) is 5.03 Å². The number of nitrogens with zero attached hydrogens (tertiary/aromatic N) is 3. The summed E-state index contributed by atoms with van der Waals surface area (Å²) in [6.07, 6.45) is 4.12. The molecule has 1 atom stereocenters. The Morgan fingerprint density at radius 1 is 1.29 bits per heavy atom. The number of nitrogens with one attached hydrogen (secondary N) is 2. The number of hydrogen-bond donors (Lipinski definition) is 2. The Hall–Kier alpha value is -2.35. The molecule has 0 aliphatic carbocycles. The Labute approximate surface area is 173 Å². The molecule has 0 saturated heterocycles. The monoisotopic (exact) mass is 415 g/mol. The SMILES string of the molecule is CC[C@H](NC(=O)c1cnn(-c2ccc(Cl)cc2)c1C)c1ccnc(SNC)c1. The van der Waals surface area contributed by atoms with Crippen LogP contribution >= 0.6 is 23.5 Å². The molecule has 0 spiro atoms. The molecule has 0 aliphatic rings. The van der Waals surface area contributed by atoms with E-state index in [4.69, 9.17) is 11.6 Å². The van der Waals surface area contributed by atoms with Crippen molar-refractivity contribution in [2.75, 3.05) is 7.05 Å². The van der Waals surface area contributed by atoms with Gasteiger partial charge in [0.05, 0.1) is 29.2 Å². The van der Waals surface area contributed by atoms with Crippen LogP contribution in [0.3, 0.4) is 0 Å². The van der Waals surface area contributed by atoms with Crippen LogP contribution in [0.4, 0.5) is 0 Å². The lowest BCUT2D eigenvalue weighted by Gasteiger charge is -2.18. The van der Waals surface area contributed by atoms with Crippen molar-refractivity contribution >= 4 is 29.5 Å². The second-order valence-corrected chi connectivity index (χ2v) is 7.67. The fourth-order valence-corrected chi connectivity index (χ4v) is 3.58. The summed E-state index contributed by atoms with van der Waals surface area (Å²) in [5, 5.41) is 9.00. The van der Waals surface area contributed by atoms with Crippen LogP contribution in [-0.4, -0.2) is 27.7 Å². The zero-order valence-corrected chi connectivity index (χ0v) is 17.5. The average molecular weight is 416 g/mol. The molecule has 6 nitrogen and oxygen atoms in total. The van der Waals surface area contributed by atoms with Crippen LogP contribution in [0, 0.1) is 6.92 Å². The molecule has 0 unspecified atom stereocenters. The summed E-state index contributed by atoms with van der Waals surface area (Å²) in [4.78, 5) is 17.2. The molecule has 2 heterocycles. The molecular weight excluding hydrogens is 394 g/mol. The molecule has 1 aromatic carbocycles. The minimum absolute atomic E-state index is 0.106. The van der Waals surface area contributed by atoms with Crippen molar-refractivity contribution in [3.8, 4) is 5.69 Å². The Kier molecular flexibility index (Phi) is 6.72. The van der Waals surface area contributed by atoms with Gasteiger partial charge >= 0.3 is 0 Å². The van der Waals surface area contributed by atoms with Crippen molar-refractivity contribution in [2.45, 2.75) is 31.3 Å². The zero-order chi connectivity index (χ0) is 20.1. The summed E-state index contributed by atoms with van der Waals surface area (Å²) in [5.41, 5.74) is 3.20. The van der Waals surface area contributed by atoms with E-state index < -0.39 is 0 Å². The molecule has 8 heteroatoms. The molecule has 1 amide bonds. The highest BCUT2D eigenvalue weighted by Gasteiger charge is 2.19. The largest absolute Gasteiger partial charge is 0.345 e. The topological polar surface area (TPSA) is 71.8 Å². The van der Waals surface area contributed by atoms with E-state index in [9.17, 15) is 4.79 Å². The van der Waals surface area contributed by atoms with Crippen molar-refractivity contribution in [3.05, 3.63) is 70.6 Å². The number of aromatic nitrogens is 3. The highest BCUT2D eigenvalue weighted by atomic mass is 35.5. The number of amides is 1. The third-order valence-electron chi connectivity index (χ3n) is 4.41. The van der Waals surface area contributed by atoms with Crippen LogP contribution in [0.1, 0.15) is 41.0 Å². The molecular formula is C20H22ClN5OS. The maximum absolute atomic E-state index is 12.9. The van der Waals surface area contributed by atoms with E-state index in [1.54, 1.807) is 29.2 Å². The van der Waals surface area contributed by atoms with Crippen molar-refractivity contribution in [1.29, 1.82) is 0 Å². The third kappa shape index (κ3) is 4.55. The van der Waals surface area contributed by atoms with E-state index in [0.29, 0.717) is 10.6 Å². The molecule has 0 bridgehead atoms. The van der Waals surface area contributed by atoms with Crippen LogP contribution in [0.15, 0.2) is 53.8 Å². The summed E-state index contributed by atoms with van der Waals surface area (Å²) < 4.78 is 4.75. The van der Waals surface area contributed by atoms with E-state index in [1.165, 1.54) is 11.9 Å². The molecule has 0 radical (unpaired) electrons. The first-order valence-corrected chi connectivity index (χ1v) is 10.1. The lowest BCUT2D eigenvalue weighted by Crippen LogP contribution is -2.28. The molecule has 3 rings (SSSR count). The fraction of sp³-hybridized carbons (Fsp3) is 0.250. The van der Waals surface area contributed by atoms with Gasteiger partial charge in [-0.05, 0) is 74.3 Å². The van der Waals surface area contributed by atoms with E-state index in [1.807, 2.05) is 45.2 Å². The number of carbonyl (C=O) groups is 1. The zero-order valence-electron chi connectivity index (χ0n) is 15.9. The summed E-state index contributed by atoms with van der Waals surface area (Å²) in [7, 11) is 1.85. The minimum atomic E-state index is -0.149. The van der Waals surface area contributed by atoms with Crippen molar-refractivity contribution in [2.24, 2.45) is 0 Å². The first-order chi connectivity index (χ1) is 13.5. The Balaban J connectivity index is 1.80. The van der Waals surface area contributed by atoms with E-state index in [-0.39, 0.29) is 11.9 Å². The standard InChI is InChI=1S/C20H22ClN5OS/c1-4-18(14-9-10-23-19(11-14)28-22-3)25-20(27)17-12-24-26(13(17)2)16-7-5-15(21)6-8-16/h5-12,18,22H,4H2,1-3H3,(H,25,27)/t18-/m0/s1. The first-order valence-electron chi connectivity index (χ1n) is 8.94. The van der Waals surface area contributed by atoms with Gasteiger partial charge in [-0.15, -0.1) is 0 Å². The number of carbonyl (C=O) groups excluding carboxylic acids is 1. The van der Waals surface area contributed by atoms with E-state index in [2.05, 4.69) is 20.1 Å². The fourth-order valence-electron chi connectivity index (χ4n) is 2.93. The average Bonchev–Trinajstić information content (AvgIpc) is 3.08. The molecule has 2 aromatic heterocycles. The van der Waals surface area contributed by atoms with Gasteiger partial charge in [-0.25, -0.2) is 9.67 Å². The quantitative estimate of drug-likeness (QED) is 0.562.